The number of nitrogens with two attached hydrogens (primary N) is 1. The summed E-state index contributed by atoms with van der Waals surface area (Å²) in [5, 5.41) is 2.91. The first-order valence-electron chi connectivity index (χ1n) is 16.0. The number of methoxy groups -OCH3 is 3. The van der Waals surface area contributed by atoms with Gasteiger partial charge in [0.1, 0.15) is 5.82 Å². The van der Waals surface area contributed by atoms with Crippen LogP contribution in [0.3, 0.4) is 0 Å². The first-order chi connectivity index (χ1) is 24.4. The first-order valence-corrected chi connectivity index (χ1v) is 17.6. The zero-order valence-corrected chi connectivity index (χ0v) is 31.4. The minimum Gasteiger partial charge on any atom is -0.493 e. The lowest BCUT2D eigenvalue weighted by Crippen LogP contribution is -2.27. The Hall–Kier alpha value is -4.20. The molecule has 0 atom stereocenters. The molecule has 5 rings (SSSR count). The molecule has 262 valence electrons. The molecule has 5 aromatic rings. The van der Waals surface area contributed by atoms with E-state index in [1.807, 2.05) is 72.8 Å². The molecule has 10 nitrogen and oxygen atoms in total. The van der Waals surface area contributed by atoms with E-state index in [-0.39, 0.29) is 5.91 Å². The third kappa shape index (κ3) is 9.12. The molecular formula is C38H40Br2N4O6. The Labute approximate surface area is 309 Å². The van der Waals surface area contributed by atoms with E-state index in [2.05, 4.69) is 53.9 Å². The van der Waals surface area contributed by atoms with Crippen LogP contribution in [0, 0.1) is 0 Å². The fraction of sp³-hybridized carbons (Fsp3) is 0.263. The van der Waals surface area contributed by atoms with Gasteiger partial charge in [-0.15, -0.1) is 0 Å². The molecule has 4 aromatic carbocycles. The van der Waals surface area contributed by atoms with Crippen LogP contribution in [0.15, 0.2) is 93.9 Å². The first kappa shape index (κ1) is 37.1. The van der Waals surface area contributed by atoms with Crippen molar-refractivity contribution >= 4 is 37.8 Å². The van der Waals surface area contributed by atoms with Crippen LogP contribution >= 0.6 is 31.9 Å². The number of hydrogen-bond acceptors (Lipinski definition) is 8. The SMILES string of the molecule is COc1cc(-c2nc(-c3ccc(Br)cc3)c(-c3ccc(Br)cc3)n2Cc2ccc(C(=O)NCCOCCOCCN)cc2)cc(OC)c1OC. The maximum absolute atomic E-state index is 12.9. The molecule has 0 unspecified atom stereocenters. The second-order valence-corrected chi connectivity index (χ2v) is 12.9. The van der Waals surface area contributed by atoms with Crippen LogP contribution < -0.4 is 25.3 Å². The lowest BCUT2D eigenvalue weighted by atomic mass is 10.0. The van der Waals surface area contributed by atoms with E-state index in [1.165, 1.54) is 0 Å². The molecular weight excluding hydrogens is 768 g/mol. The molecule has 1 amide bonds. The summed E-state index contributed by atoms with van der Waals surface area (Å²) in [4.78, 5) is 18.2. The number of halogens is 2. The quantitative estimate of drug-likeness (QED) is 0.0948. The number of nitrogens with zero attached hydrogens (tertiary/aromatic N) is 2. The molecule has 1 aromatic heterocycles. The minimum absolute atomic E-state index is 0.173. The van der Waals surface area contributed by atoms with Crippen LogP contribution in [0.1, 0.15) is 15.9 Å². The summed E-state index contributed by atoms with van der Waals surface area (Å²) in [5.41, 5.74) is 11.4. The molecule has 3 N–H and O–H groups in total. The zero-order chi connectivity index (χ0) is 35.5. The van der Waals surface area contributed by atoms with Crippen LogP contribution in [0.25, 0.3) is 33.9 Å². The molecule has 0 saturated carbocycles. The number of carbonyl (C=O) groups excluding carboxylic acids is 1. The highest BCUT2D eigenvalue weighted by atomic mass is 79.9. The number of hydrogen-bond donors (Lipinski definition) is 2. The molecule has 0 aliphatic rings. The smallest absolute Gasteiger partial charge is 0.251 e. The number of ether oxygens (including phenoxy) is 5. The molecule has 0 spiro atoms. The van der Waals surface area contributed by atoms with Crippen molar-refractivity contribution in [2.24, 2.45) is 5.73 Å². The van der Waals surface area contributed by atoms with Crippen LogP contribution in [-0.2, 0) is 16.0 Å². The van der Waals surface area contributed by atoms with Gasteiger partial charge in [0.15, 0.2) is 11.5 Å². The molecule has 0 aliphatic carbocycles. The summed E-state index contributed by atoms with van der Waals surface area (Å²) in [6.07, 6.45) is 0. The second-order valence-electron chi connectivity index (χ2n) is 11.1. The summed E-state index contributed by atoms with van der Waals surface area (Å²) in [5.74, 6) is 2.07. The van der Waals surface area contributed by atoms with Crippen LogP contribution in [0.5, 0.6) is 17.2 Å². The monoisotopic (exact) mass is 806 g/mol. The molecule has 12 heteroatoms. The third-order valence-electron chi connectivity index (χ3n) is 7.85. The number of aromatic nitrogens is 2. The van der Waals surface area contributed by atoms with Crippen molar-refractivity contribution in [3.05, 3.63) is 105 Å². The number of carbonyl (C=O) groups is 1. The average molecular weight is 809 g/mol. The number of nitrogens with one attached hydrogen (secondary N) is 1. The predicted molar refractivity (Wildman–Crippen MR) is 202 cm³/mol. The van der Waals surface area contributed by atoms with Crippen LogP contribution in [0.4, 0.5) is 0 Å². The summed E-state index contributed by atoms with van der Waals surface area (Å²) in [7, 11) is 4.77. The molecule has 0 bridgehead atoms. The van der Waals surface area contributed by atoms with Crippen molar-refractivity contribution in [2.75, 3.05) is 60.8 Å². The molecule has 0 fully saturated rings. The summed E-state index contributed by atoms with van der Waals surface area (Å²) in [6.45, 7) is 3.14. The van der Waals surface area contributed by atoms with Gasteiger partial charge in [0.05, 0.1) is 59.1 Å². The minimum atomic E-state index is -0.173. The van der Waals surface area contributed by atoms with Gasteiger partial charge in [-0.2, -0.15) is 0 Å². The van der Waals surface area contributed by atoms with Crippen molar-refractivity contribution in [1.82, 2.24) is 14.9 Å². The molecule has 0 aliphatic heterocycles. The fourth-order valence-corrected chi connectivity index (χ4v) is 5.96. The van der Waals surface area contributed by atoms with Gasteiger partial charge in [-0.1, -0.05) is 68.3 Å². The van der Waals surface area contributed by atoms with E-state index < -0.39 is 0 Å². The van der Waals surface area contributed by atoms with Gasteiger partial charge in [-0.25, -0.2) is 4.98 Å². The van der Waals surface area contributed by atoms with E-state index in [0.29, 0.717) is 74.7 Å². The Morgan fingerprint density at radius 1 is 0.740 bits per heavy atom. The van der Waals surface area contributed by atoms with Gasteiger partial charge in [-0.05, 0) is 54.1 Å². The lowest BCUT2D eigenvalue weighted by molar-refractivity contribution is 0.0511. The zero-order valence-electron chi connectivity index (χ0n) is 28.2. The second kappa shape index (κ2) is 18.2. The van der Waals surface area contributed by atoms with Gasteiger partial charge in [0, 0.05) is 50.8 Å². The Bertz CT molecular complexity index is 1840. The lowest BCUT2D eigenvalue weighted by Gasteiger charge is -2.17. The molecule has 0 saturated heterocycles. The van der Waals surface area contributed by atoms with E-state index in [9.17, 15) is 4.79 Å². The van der Waals surface area contributed by atoms with Crippen molar-refractivity contribution in [3.8, 4) is 51.2 Å². The maximum Gasteiger partial charge on any atom is 0.251 e. The Kier molecular flexibility index (Phi) is 13.5. The van der Waals surface area contributed by atoms with Crippen molar-refractivity contribution in [3.63, 3.8) is 0 Å². The Balaban J connectivity index is 1.52. The number of imidazole rings is 1. The topological polar surface area (TPSA) is 119 Å². The number of benzene rings is 4. The molecule has 50 heavy (non-hydrogen) atoms. The van der Waals surface area contributed by atoms with Gasteiger partial charge in [-0.3, -0.25) is 4.79 Å². The number of rotatable bonds is 17. The largest absolute Gasteiger partial charge is 0.493 e. The van der Waals surface area contributed by atoms with Gasteiger partial charge >= 0.3 is 0 Å². The van der Waals surface area contributed by atoms with Crippen molar-refractivity contribution < 1.29 is 28.5 Å². The summed E-state index contributed by atoms with van der Waals surface area (Å²) < 4.78 is 32.0. The van der Waals surface area contributed by atoms with Crippen LogP contribution in [0.2, 0.25) is 0 Å². The highest BCUT2D eigenvalue weighted by Gasteiger charge is 2.24. The fourth-order valence-electron chi connectivity index (χ4n) is 5.44. The normalized spacial score (nSPS) is 11.0. The molecule has 1 heterocycles. The van der Waals surface area contributed by atoms with Gasteiger partial charge in [0.25, 0.3) is 5.91 Å². The average Bonchev–Trinajstić information content (AvgIpc) is 3.51. The number of amides is 1. The maximum atomic E-state index is 12.9. The van der Waals surface area contributed by atoms with E-state index in [1.54, 1.807) is 21.3 Å². The third-order valence-corrected chi connectivity index (χ3v) is 8.91. The van der Waals surface area contributed by atoms with Crippen molar-refractivity contribution in [1.29, 1.82) is 0 Å². The highest BCUT2D eigenvalue weighted by Crippen LogP contribution is 2.43. The molecule has 0 radical (unpaired) electrons. The van der Waals surface area contributed by atoms with Gasteiger partial charge in [0.2, 0.25) is 5.75 Å². The van der Waals surface area contributed by atoms with E-state index in [0.717, 1.165) is 42.6 Å². The summed E-state index contributed by atoms with van der Waals surface area (Å²) >= 11 is 7.16. The standard InChI is InChI=1S/C38H40Br2N4O6/c1-46-32-22-29(23-33(47-2)36(32)48-3)37-43-34(26-8-12-30(39)13-9-26)35(27-10-14-31(40)15-11-27)44(37)24-25-4-6-28(7-5-25)38(45)42-17-19-50-21-20-49-18-16-41/h4-15,22-23H,16-21,24,41H2,1-3H3,(H,42,45). The van der Waals surface area contributed by atoms with Crippen molar-refractivity contribution in [2.45, 2.75) is 6.54 Å². The Morgan fingerprint density at radius 2 is 1.32 bits per heavy atom. The van der Waals surface area contributed by atoms with Crippen LogP contribution in [-0.4, -0.2) is 76.3 Å². The van der Waals surface area contributed by atoms with E-state index in [4.69, 9.17) is 34.4 Å². The summed E-state index contributed by atoms with van der Waals surface area (Å²) in [6, 6.07) is 27.7. The van der Waals surface area contributed by atoms with Gasteiger partial charge < -0.3 is 39.3 Å². The Morgan fingerprint density at radius 3 is 1.88 bits per heavy atom. The van der Waals surface area contributed by atoms with E-state index >= 15 is 0 Å². The highest BCUT2D eigenvalue weighted by molar-refractivity contribution is 9.10. The predicted octanol–water partition coefficient (Wildman–Crippen LogP) is 7.20.